The van der Waals surface area contributed by atoms with E-state index < -0.39 is 0 Å². The molecule has 1 heterocycles. The van der Waals surface area contributed by atoms with Gasteiger partial charge in [-0.05, 0) is 18.6 Å². The van der Waals surface area contributed by atoms with Gasteiger partial charge < -0.3 is 10.7 Å². The highest BCUT2D eigenvalue weighted by molar-refractivity contribution is 6.30. The van der Waals surface area contributed by atoms with E-state index in [-0.39, 0.29) is 0 Å². The number of aromatic amines is 1. The summed E-state index contributed by atoms with van der Waals surface area (Å²) in [5.41, 5.74) is 8.73. The van der Waals surface area contributed by atoms with Gasteiger partial charge in [-0.15, -0.1) is 0 Å². The highest BCUT2D eigenvalue weighted by Gasteiger charge is 2.09. The zero-order chi connectivity index (χ0) is 11.5. The molecule has 1 aromatic heterocycles. The van der Waals surface area contributed by atoms with Crippen molar-refractivity contribution in [3.05, 3.63) is 40.8 Å². The smallest absolute Gasteiger partial charge is 0.120 e. The summed E-state index contributed by atoms with van der Waals surface area (Å²) >= 11 is 5.86. The molecule has 0 amide bonds. The van der Waals surface area contributed by atoms with Crippen LogP contribution in [0.3, 0.4) is 0 Å². The molecule has 3 N–H and O–H groups in total. The number of aromatic nitrogens is 2. The third kappa shape index (κ3) is 2.10. The van der Waals surface area contributed by atoms with Crippen molar-refractivity contribution in [1.29, 1.82) is 0 Å². The summed E-state index contributed by atoms with van der Waals surface area (Å²) in [7, 11) is 0. The quantitative estimate of drug-likeness (QED) is 0.860. The number of H-pyrrole nitrogens is 1. The van der Waals surface area contributed by atoms with E-state index in [0.29, 0.717) is 6.54 Å². The average molecular weight is 236 g/mol. The van der Waals surface area contributed by atoms with Crippen LogP contribution in [0.4, 0.5) is 0 Å². The fourth-order valence-corrected chi connectivity index (χ4v) is 1.79. The number of hydrogen-bond donors (Lipinski definition) is 2. The van der Waals surface area contributed by atoms with Crippen LogP contribution in [0.5, 0.6) is 0 Å². The van der Waals surface area contributed by atoms with Gasteiger partial charge in [-0.2, -0.15) is 0 Å². The Morgan fingerprint density at radius 3 is 2.56 bits per heavy atom. The second-order valence-corrected chi connectivity index (χ2v) is 4.01. The topological polar surface area (TPSA) is 54.7 Å². The van der Waals surface area contributed by atoms with Crippen LogP contribution in [0.1, 0.15) is 18.4 Å². The Morgan fingerprint density at radius 1 is 1.31 bits per heavy atom. The second-order valence-electron chi connectivity index (χ2n) is 3.58. The first-order valence-corrected chi connectivity index (χ1v) is 5.66. The van der Waals surface area contributed by atoms with Crippen molar-refractivity contribution in [2.75, 3.05) is 0 Å². The van der Waals surface area contributed by atoms with Crippen LogP contribution >= 0.6 is 11.6 Å². The van der Waals surface area contributed by atoms with Gasteiger partial charge in [-0.3, -0.25) is 0 Å². The Labute approximate surface area is 99.7 Å². The predicted octanol–water partition coefficient (Wildman–Crippen LogP) is 2.75. The fourth-order valence-electron chi connectivity index (χ4n) is 1.66. The normalized spacial score (nSPS) is 10.7. The number of imidazole rings is 1. The molecule has 0 saturated carbocycles. The third-order valence-electron chi connectivity index (χ3n) is 2.49. The number of nitrogens with zero attached hydrogens (tertiary/aromatic N) is 1. The predicted molar refractivity (Wildman–Crippen MR) is 66.3 cm³/mol. The molecule has 0 aliphatic rings. The Bertz CT molecular complexity index is 474. The van der Waals surface area contributed by atoms with E-state index in [0.717, 1.165) is 34.2 Å². The Balaban J connectivity index is 2.45. The maximum atomic E-state index is 5.86. The molecular weight excluding hydrogens is 222 g/mol. The summed E-state index contributed by atoms with van der Waals surface area (Å²) in [6, 6.07) is 7.68. The monoisotopic (exact) mass is 235 g/mol. The summed E-state index contributed by atoms with van der Waals surface area (Å²) in [5.74, 6) is 0.821. The lowest BCUT2D eigenvalue weighted by atomic mass is 10.1. The molecule has 0 radical (unpaired) electrons. The van der Waals surface area contributed by atoms with Crippen molar-refractivity contribution < 1.29 is 0 Å². The van der Waals surface area contributed by atoms with Crippen molar-refractivity contribution >= 4 is 11.6 Å². The molecule has 2 aromatic rings. The van der Waals surface area contributed by atoms with E-state index in [1.807, 2.05) is 24.3 Å². The van der Waals surface area contributed by atoms with Gasteiger partial charge in [0.15, 0.2) is 0 Å². The van der Waals surface area contributed by atoms with Crippen LogP contribution in [-0.4, -0.2) is 9.97 Å². The molecule has 0 aliphatic carbocycles. The van der Waals surface area contributed by atoms with Crippen molar-refractivity contribution in [2.24, 2.45) is 5.73 Å². The third-order valence-corrected chi connectivity index (χ3v) is 2.74. The van der Waals surface area contributed by atoms with Gasteiger partial charge in [0.1, 0.15) is 5.82 Å². The molecule has 1 aromatic carbocycles. The largest absolute Gasteiger partial charge is 0.344 e. The SMILES string of the molecule is CCc1[nH]c(CN)nc1-c1ccc(Cl)cc1. The Morgan fingerprint density at radius 2 is 2.00 bits per heavy atom. The second kappa shape index (κ2) is 4.68. The minimum atomic E-state index is 0.431. The van der Waals surface area contributed by atoms with E-state index >= 15 is 0 Å². The number of rotatable bonds is 3. The lowest BCUT2D eigenvalue weighted by molar-refractivity contribution is 0.932. The number of nitrogens with two attached hydrogens (primary N) is 1. The van der Waals surface area contributed by atoms with Crippen molar-refractivity contribution in [2.45, 2.75) is 19.9 Å². The molecule has 2 rings (SSSR count). The number of nitrogens with one attached hydrogen (secondary N) is 1. The lowest BCUT2D eigenvalue weighted by Gasteiger charge is -2.00. The van der Waals surface area contributed by atoms with Crippen molar-refractivity contribution in [3.8, 4) is 11.3 Å². The van der Waals surface area contributed by atoms with Crippen LogP contribution in [0.15, 0.2) is 24.3 Å². The number of hydrogen-bond acceptors (Lipinski definition) is 2. The molecule has 0 saturated heterocycles. The highest BCUT2D eigenvalue weighted by Crippen LogP contribution is 2.23. The Hall–Kier alpha value is -1.32. The Kier molecular flexibility index (Phi) is 3.27. The summed E-state index contributed by atoms with van der Waals surface area (Å²) < 4.78 is 0. The van der Waals surface area contributed by atoms with Gasteiger partial charge in [-0.1, -0.05) is 30.7 Å². The number of aryl methyl sites for hydroxylation is 1. The van der Waals surface area contributed by atoms with Crippen LogP contribution < -0.4 is 5.73 Å². The molecular formula is C12H14ClN3. The van der Waals surface area contributed by atoms with E-state index in [9.17, 15) is 0 Å². The van der Waals surface area contributed by atoms with Crippen LogP contribution in [-0.2, 0) is 13.0 Å². The van der Waals surface area contributed by atoms with E-state index in [4.69, 9.17) is 17.3 Å². The first-order valence-electron chi connectivity index (χ1n) is 5.28. The molecule has 0 bridgehead atoms. The average Bonchev–Trinajstić information content (AvgIpc) is 2.73. The summed E-state index contributed by atoms with van der Waals surface area (Å²) in [5, 5.41) is 0.733. The maximum Gasteiger partial charge on any atom is 0.120 e. The van der Waals surface area contributed by atoms with E-state index in [1.54, 1.807) is 0 Å². The zero-order valence-corrected chi connectivity index (χ0v) is 9.88. The minimum absolute atomic E-state index is 0.431. The maximum absolute atomic E-state index is 5.86. The van der Waals surface area contributed by atoms with Crippen LogP contribution in [0.2, 0.25) is 5.02 Å². The van der Waals surface area contributed by atoms with Crippen molar-refractivity contribution in [3.63, 3.8) is 0 Å². The molecule has 84 valence electrons. The molecule has 0 unspecified atom stereocenters. The first-order chi connectivity index (χ1) is 7.74. The highest BCUT2D eigenvalue weighted by atomic mass is 35.5. The van der Waals surface area contributed by atoms with Gasteiger partial charge in [0.25, 0.3) is 0 Å². The van der Waals surface area contributed by atoms with Crippen molar-refractivity contribution in [1.82, 2.24) is 9.97 Å². The number of benzene rings is 1. The number of halogens is 1. The fraction of sp³-hybridized carbons (Fsp3) is 0.250. The van der Waals surface area contributed by atoms with Gasteiger partial charge in [0, 0.05) is 16.3 Å². The summed E-state index contributed by atoms with van der Waals surface area (Å²) in [6.07, 6.45) is 0.908. The van der Waals surface area contributed by atoms with Crippen LogP contribution in [0, 0.1) is 0 Å². The molecule has 3 nitrogen and oxygen atoms in total. The molecule has 16 heavy (non-hydrogen) atoms. The zero-order valence-electron chi connectivity index (χ0n) is 9.13. The molecule has 4 heteroatoms. The molecule has 0 aliphatic heterocycles. The van der Waals surface area contributed by atoms with Gasteiger partial charge in [-0.25, -0.2) is 4.98 Å². The minimum Gasteiger partial charge on any atom is -0.344 e. The molecule has 0 fully saturated rings. The standard InChI is InChI=1S/C12H14ClN3/c1-2-10-12(16-11(7-14)15-10)8-3-5-9(13)6-4-8/h3-6H,2,7,14H2,1H3,(H,15,16). The van der Waals surface area contributed by atoms with Crippen LogP contribution in [0.25, 0.3) is 11.3 Å². The molecule has 0 spiro atoms. The lowest BCUT2D eigenvalue weighted by Crippen LogP contribution is -1.98. The molecule has 0 atom stereocenters. The summed E-state index contributed by atoms with van der Waals surface area (Å²) in [4.78, 5) is 7.70. The van der Waals surface area contributed by atoms with Gasteiger partial charge in [0.2, 0.25) is 0 Å². The van der Waals surface area contributed by atoms with Gasteiger partial charge >= 0.3 is 0 Å². The van der Waals surface area contributed by atoms with Gasteiger partial charge in [0.05, 0.1) is 12.2 Å². The first kappa shape index (κ1) is 11.2. The van der Waals surface area contributed by atoms with E-state index in [1.165, 1.54) is 0 Å². The summed E-state index contributed by atoms with van der Waals surface area (Å²) in [6.45, 7) is 2.52. The van der Waals surface area contributed by atoms with E-state index in [2.05, 4.69) is 16.9 Å².